The number of para-hydroxylation sites is 2. The Hall–Kier alpha value is -4.09. The van der Waals surface area contributed by atoms with Gasteiger partial charge in [0.15, 0.2) is 17.6 Å². The molecule has 0 unspecified atom stereocenters. The molecule has 6 heteroatoms. The minimum absolute atomic E-state index is 0.301. The highest BCUT2D eigenvalue weighted by Gasteiger charge is 2.26. The molecule has 1 atom stereocenters. The van der Waals surface area contributed by atoms with E-state index in [9.17, 15) is 9.59 Å². The number of halogens is 1. The first kappa shape index (κ1) is 24.0. The van der Waals surface area contributed by atoms with Crippen LogP contribution in [0.15, 0.2) is 103 Å². The molecule has 0 amide bonds. The number of hydrogen-bond acceptors (Lipinski definition) is 5. The monoisotopic (exact) mass is 486 g/mol. The van der Waals surface area contributed by atoms with Crippen molar-refractivity contribution in [2.24, 2.45) is 0 Å². The zero-order valence-electron chi connectivity index (χ0n) is 19.0. The number of carbonyl (C=O) groups excluding carboxylic acids is 2. The molecule has 0 saturated carbocycles. The van der Waals surface area contributed by atoms with Crippen LogP contribution in [0.25, 0.3) is 0 Å². The number of rotatable bonds is 9. The van der Waals surface area contributed by atoms with Crippen LogP contribution in [0.4, 0.5) is 0 Å². The molecule has 0 heterocycles. The smallest absolute Gasteiger partial charge is 0.339 e. The molecule has 4 aromatic rings. The standard InChI is InChI=1S/C29H23ClO5/c1-33-25-9-5-6-10-26(25)34-19-20-11-13-23(14-12-20)29(32)35-28(22-15-17-24(30)18-16-22)27(31)21-7-3-2-4-8-21/h2-18,28H,19H2,1H3/t28-/m0/s1. The zero-order chi connectivity index (χ0) is 24.6. The molecule has 0 spiro atoms. The number of ether oxygens (including phenoxy) is 3. The normalized spacial score (nSPS) is 11.4. The molecular weight excluding hydrogens is 464 g/mol. The van der Waals surface area contributed by atoms with Crippen LogP contribution in [0.1, 0.15) is 37.9 Å². The van der Waals surface area contributed by atoms with Crippen molar-refractivity contribution in [1.82, 2.24) is 0 Å². The maximum absolute atomic E-state index is 13.2. The van der Waals surface area contributed by atoms with Gasteiger partial charge in [-0.15, -0.1) is 0 Å². The van der Waals surface area contributed by atoms with Crippen molar-refractivity contribution >= 4 is 23.4 Å². The second-order valence-electron chi connectivity index (χ2n) is 7.70. The van der Waals surface area contributed by atoms with Crippen molar-refractivity contribution in [2.45, 2.75) is 12.7 Å². The van der Waals surface area contributed by atoms with E-state index < -0.39 is 12.1 Å². The van der Waals surface area contributed by atoms with Crippen LogP contribution in [-0.2, 0) is 11.3 Å². The van der Waals surface area contributed by atoms with Gasteiger partial charge >= 0.3 is 5.97 Å². The number of Topliss-reactive ketones (excluding diaryl/α,β-unsaturated/α-hetero) is 1. The van der Waals surface area contributed by atoms with Crippen LogP contribution in [0.3, 0.4) is 0 Å². The van der Waals surface area contributed by atoms with Crippen molar-refractivity contribution in [3.8, 4) is 11.5 Å². The van der Waals surface area contributed by atoms with Crippen LogP contribution in [-0.4, -0.2) is 18.9 Å². The maximum atomic E-state index is 13.2. The Balaban J connectivity index is 1.48. The molecule has 35 heavy (non-hydrogen) atoms. The quantitative estimate of drug-likeness (QED) is 0.194. The molecule has 0 radical (unpaired) electrons. The first-order valence-corrected chi connectivity index (χ1v) is 11.3. The Morgan fingerprint density at radius 1 is 0.743 bits per heavy atom. The summed E-state index contributed by atoms with van der Waals surface area (Å²) in [4.78, 5) is 26.1. The Bertz CT molecular complexity index is 1280. The first-order chi connectivity index (χ1) is 17.0. The highest BCUT2D eigenvalue weighted by atomic mass is 35.5. The molecule has 0 aliphatic heterocycles. The molecule has 0 saturated heterocycles. The summed E-state index contributed by atoms with van der Waals surface area (Å²) in [6.45, 7) is 0.301. The van der Waals surface area contributed by atoms with Gasteiger partial charge in [0.05, 0.1) is 12.7 Å². The summed E-state index contributed by atoms with van der Waals surface area (Å²) in [6, 6.07) is 29.6. The van der Waals surface area contributed by atoms with Crippen LogP contribution in [0, 0.1) is 0 Å². The van der Waals surface area contributed by atoms with E-state index in [1.54, 1.807) is 79.9 Å². The molecule has 0 N–H and O–H groups in total. The van der Waals surface area contributed by atoms with Crippen LogP contribution < -0.4 is 9.47 Å². The third-order valence-electron chi connectivity index (χ3n) is 5.35. The summed E-state index contributed by atoms with van der Waals surface area (Å²) >= 11 is 6.00. The molecule has 4 aromatic carbocycles. The molecule has 0 fully saturated rings. The van der Waals surface area contributed by atoms with Crippen molar-refractivity contribution < 1.29 is 23.8 Å². The van der Waals surface area contributed by atoms with Crippen molar-refractivity contribution in [3.63, 3.8) is 0 Å². The van der Waals surface area contributed by atoms with E-state index in [1.807, 2.05) is 30.3 Å². The topological polar surface area (TPSA) is 61.8 Å². The van der Waals surface area contributed by atoms with Gasteiger partial charge in [-0.1, -0.05) is 78.3 Å². The van der Waals surface area contributed by atoms with Crippen LogP contribution in [0.5, 0.6) is 11.5 Å². The Kier molecular flexibility index (Phi) is 7.81. The molecular formula is C29H23ClO5. The minimum atomic E-state index is -1.10. The van der Waals surface area contributed by atoms with Crippen LogP contribution >= 0.6 is 11.6 Å². The first-order valence-electron chi connectivity index (χ1n) is 11.0. The molecule has 0 bridgehead atoms. The molecule has 0 aliphatic carbocycles. The van der Waals surface area contributed by atoms with Crippen molar-refractivity contribution in [2.75, 3.05) is 7.11 Å². The number of ketones is 1. The number of methoxy groups -OCH3 is 1. The fourth-order valence-electron chi connectivity index (χ4n) is 3.48. The summed E-state index contributed by atoms with van der Waals surface area (Å²) in [6.07, 6.45) is -1.10. The predicted molar refractivity (Wildman–Crippen MR) is 134 cm³/mol. The third-order valence-corrected chi connectivity index (χ3v) is 5.60. The molecule has 0 aliphatic rings. The van der Waals surface area contributed by atoms with E-state index in [2.05, 4.69) is 0 Å². The predicted octanol–water partition coefficient (Wildman–Crippen LogP) is 6.71. The summed E-state index contributed by atoms with van der Waals surface area (Å²) < 4.78 is 16.8. The van der Waals surface area contributed by atoms with Crippen molar-refractivity contribution in [1.29, 1.82) is 0 Å². The Labute approximate surface area is 208 Å². The lowest BCUT2D eigenvalue weighted by molar-refractivity contribution is 0.0280. The summed E-state index contributed by atoms with van der Waals surface area (Å²) in [5.74, 6) is 0.349. The van der Waals surface area contributed by atoms with E-state index in [-0.39, 0.29) is 5.78 Å². The number of esters is 1. The third kappa shape index (κ3) is 6.08. The van der Waals surface area contributed by atoms with Gasteiger partial charge in [0.2, 0.25) is 5.78 Å². The van der Waals surface area contributed by atoms with E-state index in [0.29, 0.717) is 39.8 Å². The van der Waals surface area contributed by atoms with E-state index >= 15 is 0 Å². The van der Waals surface area contributed by atoms with Gasteiger partial charge in [-0.2, -0.15) is 0 Å². The fourth-order valence-corrected chi connectivity index (χ4v) is 3.60. The average Bonchev–Trinajstić information content (AvgIpc) is 2.91. The average molecular weight is 487 g/mol. The Morgan fingerprint density at radius 2 is 1.37 bits per heavy atom. The second kappa shape index (κ2) is 11.4. The highest BCUT2D eigenvalue weighted by Crippen LogP contribution is 2.28. The van der Waals surface area contributed by atoms with Crippen LogP contribution in [0.2, 0.25) is 5.02 Å². The maximum Gasteiger partial charge on any atom is 0.339 e. The summed E-state index contributed by atoms with van der Waals surface area (Å²) in [7, 11) is 1.59. The lowest BCUT2D eigenvalue weighted by Crippen LogP contribution is -2.20. The molecule has 176 valence electrons. The summed E-state index contributed by atoms with van der Waals surface area (Å²) in [5, 5.41) is 0.525. The van der Waals surface area contributed by atoms with Gasteiger partial charge in [0.1, 0.15) is 6.61 Å². The van der Waals surface area contributed by atoms with E-state index in [1.165, 1.54) is 0 Å². The second-order valence-corrected chi connectivity index (χ2v) is 8.14. The van der Waals surface area contributed by atoms with Gasteiger partial charge in [0, 0.05) is 16.1 Å². The SMILES string of the molecule is COc1ccccc1OCc1ccc(C(=O)O[C@H](C(=O)c2ccccc2)c2ccc(Cl)cc2)cc1. The largest absolute Gasteiger partial charge is 0.493 e. The number of hydrogen-bond donors (Lipinski definition) is 0. The zero-order valence-corrected chi connectivity index (χ0v) is 19.8. The minimum Gasteiger partial charge on any atom is -0.493 e. The number of carbonyl (C=O) groups is 2. The van der Waals surface area contributed by atoms with Crippen molar-refractivity contribution in [3.05, 3.63) is 130 Å². The van der Waals surface area contributed by atoms with Gasteiger partial charge in [0.25, 0.3) is 0 Å². The molecule has 5 nitrogen and oxygen atoms in total. The van der Waals surface area contributed by atoms with Gasteiger partial charge in [-0.3, -0.25) is 4.79 Å². The fraction of sp³-hybridized carbons (Fsp3) is 0.103. The lowest BCUT2D eigenvalue weighted by atomic mass is 9.99. The molecule has 4 rings (SSSR count). The van der Waals surface area contributed by atoms with E-state index in [4.69, 9.17) is 25.8 Å². The summed E-state index contributed by atoms with van der Waals surface area (Å²) in [5.41, 5.74) is 2.18. The lowest BCUT2D eigenvalue weighted by Gasteiger charge is -2.18. The number of benzene rings is 4. The highest BCUT2D eigenvalue weighted by molar-refractivity contribution is 6.30. The van der Waals surface area contributed by atoms with Gasteiger partial charge in [-0.25, -0.2) is 4.79 Å². The van der Waals surface area contributed by atoms with E-state index in [0.717, 1.165) is 5.56 Å². The van der Waals surface area contributed by atoms with Gasteiger partial charge in [-0.05, 0) is 42.0 Å². The molecule has 0 aromatic heterocycles. The van der Waals surface area contributed by atoms with Gasteiger partial charge < -0.3 is 14.2 Å². The Morgan fingerprint density at radius 3 is 2.03 bits per heavy atom.